The average molecular weight is 553 g/mol. The van der Waals surface area contributed by atoms with E-state index in [1.165, 1.54) is 0 Å². The van der Waals surface area contributed by atoms with Crippen molar-refractivity contribution in [3.8, 4) is 5.75 Å². The molecule has 2 N–H and O–H groups in total. The molecule has 0 radical (unpaired) electrons. The largest absolute Gasteiger partial charge is 0.494 e. The fourth-order valence-corrected chi connectivity index (χ4v) is 3.32. The van der Waals surface area contributed by atoms with Crippen molar-refractivity contribution in [1.82, 2.24) is 10.7 Å². The van der Waals surface area contributed by atoms with Gasteiger partial charge in [0.15, 0.2) is 0 Å². The molecule has 0 aromatic heterocycles. The van der Waals surface area contributed by atoms with Crippen molar-refractivity contribution in [2.75, 3.05) is 6.61 Å². The van der Waals surface area contributed by atoms with Gasteiger partial charge in [0, 0.05) is 14.7 Å². The van der Waals surface area contributed by atoms with E-state index >= 15 is 0 Å². The Morgan fingerprint density at radius 1 is 0.970 bits per heavy atom. The van der Waals surface area contributed by atoms with E-state index in [0.29, 0.717) is 12.2 Å². The van der Waals surface area contributed by atoms with Crippen molar-refractivity contribution in [1.29, 1.82) is 0 Å². The monoisotopic (exact) mass is 553 g/mol. The molecule has 2 amide bonds. The summed E-state index contributed by atoms with van der Waals surface area (Å²) in [5.41, 5.74) is 4.63. The van der Waals surface area contributed by atoms with Crippen LogP contribution in [0.3, 0.4) is 0 Å². The summed E-state index contributed by atoms with van der Waals surface area (Å²) in [7, 11) is 0. The van der Waals surface area contributed by atoms with Crippen LogP contribution < -0.4 is 15.5 Å². The lowest BCUT2D eigenvalue weighted by Crippen LogP contribution is -2.32. The van der Waals surface area contributed by atoms with Gasteiger partial charge in [-0.15, -0.1) is 0 Å². The van der Waals surface area contributed by atoms with Gasteiger partial charge in [0.25, 0.3) is 11.8 Å². The maximum absolute atomic E-state index is 12.9. The van der Waals surface area contributed by atoms with Gasteiger partial charge < -0.3 is 10.1 Å². The molecule has 0 atom stereocenters. The predicted molar refractivity (Wildman–Crippen MR) is 139 cm³/mol. The van der Waals surface area contributed by atoms with Crippen LogP contribution in [0.25, 0.3) is 6.08 Å². The van der Waals surface area contributed by atoms with Gasteiger partial charge in [-0.2, -0.15) is 5.10 Å². The van der Waals surface area contributed by atoms with E-state index in [1.54, 1.807) is 36.6 Å². The second-order valence-electron chi connectivity index (χ2n) is 7.02. The molecule has 3 aromatic rings. The molecular weight excluding hydrogens is 529 g/mol. The summed E-state index contributed by atoms with van der Waals surface area (Å²) in [5, 5.41) is 6.75. The third-order valence-electron chi connectivity index (χ3n) is 4.47. The zero-order chi connectivity index (χ0) is 23.5. The molecule has 168 valence electrons. The normalized spacial score (nSPS) is 11.3. The first-order valence-corrected chi connectivity index (χ1v) is 11.5. The Morgan fingerprint density at radius 2 is 1.67 bits per heavy atom. The molecule has 0 unspecified atom stereocenters. The molecule has 7 heteroatoms. The van der Waals surface area contributed by atoms with E-state index in [4.69, 9.17) is 4.74 Å². The average Bonchev–Trinajstić information content (AvgIpc) is 2.84. The lowest BCUT2D eigenvalue weighted by atomic mass is 10.1. The highest BCUT2D eigenvalue weighted by atomic mass is 127. The van der Waals surface area contributed by atoms with Gasteiger partial charge in [-0.25, -0.2) is 5.43 Å². The van der Waals surface area contributed by atoms with Crippen LogP contribution in [0.15, 0.2) is 89.7 Å². The van der Waals surface area contributed by atoms with Crippen molar-refractivity contribution < 1.29 is 14.3 Å². The molecule has 3 rings (SSSR count). The first-order chi connectivity index (χ1) is 16.1. The molecule has 0 saturated heterocycles. The predicted octanol–water partition coefficient (Wildman–Crippen LogP) is 5.00. The number of rotatable bonds is 9. The van der Waals surface area contributed by atoms with Gasteiger partial charge in [0.2, 0.25) is 0 Å². The number of hydrogen-bond acceptors (Lipinski definition) is 4. The fourth-order valence-electron chi connectivity index (χ4n) is 2.79. The first-order valence-electron chi connectivity index (χ1n) is 10.5. The van der Waals surface area contributed by atoms with Crippen LogP contribution >= 0.6 is 22.6 Å². The number of benzene rings is 3. The van der Waals surface area contributed by atoms with Gasteiger partial charge in [0.1, 0.15) is 11.4 Å². The van der Waals surface area contributed by atoms with Crippen LogP contribution in [0.2, 0.25) is 0 Å². The number of ether oxygens (including phenoxy) is 1. The van der Waals surface area contributed by atoms with Gasteiger partial charge in [-0.05, 0) is 71.0 Å². The van der Waals surface area contributed by atoms with E-state index in [0.717, 1.165) is 26.9 Å². The van der Waals surface area contributed by atoms with Crippen LogP contribution in [-0.4, -0.2) is 24.6 Å². The fraction of sp³-hybridized carbons (Fsp3) is 0.115. The minimum atomic E-state index is -0.534. The number of carbonyl (C=O) groups is 2. The standard InChI is InChI=1S/C26H24IN3O3/c1-2-16-33-22-14-12-19(13-15-22)17-24(29-25(31)20-8-4-3-5-9-20)26(32)30-28-18-21-10-6-7-11-23(21)27/h3-15,17-18H,2,16H2,1H3,(H,29,31)(H,30,32)/b24-17-,28-18-. The Kier molecular flexibility index (Phi) is 9.19. The summed E-state index contributed by atoms with van der Waals surface area (Å²) in [6, 6.07) is 23.7. The lowest BCUT2D eigenvalue weighted by molar-refractivity contribution is -0.117. The molecular formula is C26H24IN3O3. The number of carbonyl (C=O) groups excluding carboxylic acids is 2. The molecule has 3 aromatic carbocycles. The number of amides is 2. The molecule has 0 aliphatic heterocycles. The first kappa shape index (κ1) is 24.2. The summed E-state index contributed by atoms with van der Waals surface area (Å²) in [6.07, 6.45) is 4.08. The van der Waals surface area contributed by atoms with Gasteiger partial charge in [-0.3, -0.25) is 9.59 Å². The van der Waals surface area contributed by atoms with Crippen molar-refractivity contribution in [3.05, 3.63) is 105 Å². The zero-order valence-corrected chi connectivity index (χ0v) is 20.3. The molecule has 0 heterocycles. The van der Waals surface area contributed by atoms with Crippen molar-refractivity contribution in [2.24, 2.45) is 5.10 Å². The Morgan fingerprint density at radius 3 is 2.36 bits per heavy atom. The molecule has 33 heavy (non-hydrogen) atoms. The smallest absolute Gasteiger partial charge is 0.287 e. The summed E-state index contributed by atoms with van der Waals surface area (Å²) >= 11 is 2.20. The molecule has 0 bridgehead atoms. The highest BCUT2D eigenvalue weighted by Crippen LogP contribution is 2.15. The molecule has 0 spiro atoms. The van der Waals surface area contributed by atoms with Crippen LogP contribution in [0.1, 0.15) is 34.8 Å². The highest BCUT2D eigenvalue weighted by molar-refractivity contribution is 14.1. The number of nitrogens with zero attached hydrogens (tertiary/aromatic N) is 1. The minimum Gasteiger partial charge on any atom is -0.494 e. The van der Waals surface area contributed by atoms with Crippen LogP contribution in [0, 0.1) is 3.57 Å². The lowest BCUT2D eigenvalue weighted by Gasteiger charge is -2.10. The van der Waals surface area contributed by atoms with E-state index in [2.05, 4.69) is 38.4 Å². The van der Waals surface area contributed by atoms with Gasteiger partial charge in [0.05, 0.1) is 12.8 Å². The number of hydrazone groups is 1. The summed E-state index contributed by atoms with van der Waals surface area (Å²) in [5.74, 6) is -0.176. The van der Waals surface area contributed by atoms with Crippen molar-refractivity contribution in [2.45, 2.75) is 13.3 Å². The Hall–Kier alpha value is -3.46. The van der Waals surface area contributed by atoms with E-state index in [9.17, 15) is 9.59 Å². The third-order valence-corrected chi connectivity index (χ3v) is 5.45. The maximum atomic E-state index is 12.9. The number of nitrogens with one attached hydrogen (secondary N) is 2. The molecule has 0 fully saturated rings. The second-order valence-corrected chi connectivity index (χ2v) is 8.18. The van der Waals surface area contributed by atoms with Crippen molar-refractivity contribution >= 4 is 46.7 Å². The molecule has 0 aliphatic rings. The van der Waals surface area contributed by atoms with Crippen LogP contribution in [0.4, 0.5) is 0 Å². The highest BCUT2D eigenvalue weighted by Gasteiger charge is 2.14. The summed E-state index contributed by atoms with van der Waals surface area (Å²) in [6.45, 7) is 2.67. The van der Waals surface area contributed by atoms with Crippen LogP contribution in [-0.2, 0) is 4.79 Å². The number of halogens is 1. The Labute approximate surface area is 206 Å². The van der Waals surface area contributed by atoms with E-state index in [1.807, 2.05) is 61.5 Å². The Balaban J connectivity index is 1.79. The quantitative estimate of drug-likeness (QED) is 0.170. The SMILES string of the molecule is CCCOc1ccc(/C=C(\NC(=O)c2ccccc2)C(=O)N/N=C\c2ccccc2I)cc1. The molecule has 6 nitrogen and oxygen atoms in total. The van der Waals surface area contributed by atoms with Gasteiger partial charge >= 0.3 is 0 Å². The minimum absolute atomic E-state index is 0.0750. The maximum Gasteiger partial charge on any atom is 0.287 e. The summed E-state index contributed by atoms with van der Waals surface area (Å²) < 4.78 is 6.61. The van der Waals surface area contributed by atoms with E-state index in [-0.39, 0.29) is 11.6 Å². The number of hydrogen-bond donors (Lipinski definition) is 2. The topological polar surface area (TPSA) is 79.8 Å². The van der Waals surface area contributed by atoms with Crippen LogP contribution in [0.5, 0.6) is 5.75 Å². The van der Waals surface area contributed by atoms with Crippen molar-refractivity contribution in [3.63, 3.8) is 0 Å². The summed E-state index contributed by atoms with van der Waals surface area (Å²) in [4.78, 5) is 25.5. The molecule has 0 aliphatic carbocycles. The van der Waals surface area contributed by atoms with Gasteiger partial charge in [-0.1, -0.05) is 55.5 Å². The molecule has 0 saturated carbocycles. The second kappa shape index (κ2) is 12.5. The van der Waals surface area contributed by atoms with E-state index < -0.39 is 5.91 Å². The third kappa shape index (κ3) is 7.57. The zero-order valence-electron chi connectivity index (χ0n) is 18.1. The Bertz CT molecular complexity index is 1140.